The lowest BCUT2D eigenvalue weighted by atomic mass is 10.1. The molecule has 0 saturated heterocycles. The molecule has 5 heteroatoms. The maximum atomic E-state index is 10.7. The Hall–Kier alpha value is -2.69. The maximum Gasteiger partial charge on any atom is 0.309 e. The smallest absolute Gasteiger partial charge is 0.309 e. The zero-order valence-corrected chi connectivity index (χ0v) is 10.9. The number of imidazole rings is 1. The van der Waals surface area contributed by atoms with E-state index in [-0.39, 0.29) is 6.42 Å². The molecule has 20 heavy (non-hydrogen) atoms. The van der Waals surface area contributed by atoms with Crippen LogP contribution in [0.25, 0.3) is 16.9 Å². The molecule has 0 fully saturated rings. The van der Waals surface area contributed by atoms with Crippen molar-refractivity contribution in [2.75, 3.05) is 0 Å². The SMILES string of the molecule is Cc1ccccc1-c1ccc2nc(CC(=O)O)cn2n1. The lowest BCUT2D eigenvalue weighted by Gasteiger charge is -2.04. The minimum Gasteiger partial charge on any atom is -0.481 e. The van der Waals surface area contributed by atoms with Crippen molar-refractivity contribution in [3.8, 4) is 11.3 Å². The zero-order valence-electron chi connectivity index (χ0n) is 10.9. The highest BCUT2D eigenvalue weighted by molar-refractivity contribution is 5.70. The first kappa shape index (κ1) is 12.3. The van der Waals surface area contributed by atoms with Gasteiger partial charge in [-0.25, -0.2) is 9.50 Å². The van der Waals surface area contributed by atoms with Crippen molar-refractivity contribution >= 4 is 11.6 Å². The summed E-state index contributed by atoms with van der Waals surface area (Å²) < 4.78 is 1.63. The summed E-state index contributed by atoms with van der Waals surface area (Å²) in [4.78, 5) is 14.9. The van der Waals surface area contributed by atoms with Gasteiger partial charge in [-0.2, -0.15) is 5.10 Å². The summed E-state index contributed by atoms with van der Waals surface area (Å²) in [5, 5.41) is 13.3. The highest BCUT2D eigenvalue weighted by Gasteiger charge is 2.08. The third-order valence-corrected chi connectivity index (χ3v) is 3.12. The average molecular weight is 267 g/mol. The van der Waals surface area contributed by atoms with Crippen LogP contribution in [0.15, 0.2) is 42.6 Å². The number of carboxylic acids is 1. The van der Waals surface area contributed by atoms with Crippen LogP contribution in [0.1, 0.15) is 11.3 Å². The number of aliphatic carboxylic acids is 1. The maximum absolute atomic E-state index is 10.7. The molecule has 1 aromatic carbocycles. The number of aryl methyl sites for hydroxylation is 1. The minimum absolute atomic E-state index is 0.0942. The summed E-state index contributed by atoms with van der Waals surface area (Å²) in [7, 11) is 0. The Morgan fingerprint density at radius 3 is 2.80 bits per heavy atom. The van der Waals surface area contributed by atoms with E-state index >= 15 is 0 Å². The lowest BCUT2D eigenvalue weighted by molar-refractivity contribution is -0.136. The molecule has 0 saturated carbocycles. The Morgan fingerprint density at radius 1 is 1.25 bits per heavy atom. The summed E-state index contributed by atoms with van der Waals surface area (Å²) in [6.07, 6.45) is 1.56. The largest absolute Gasteiger partial charge is 0.481 e. The molecule has 0 spiro atoms. The van der Waals surface area contributed by atoms with Gasteiger partial charge in [0.1, 0.15) is 0 Å². The van der Waals surface area contributed by atoms with Gasteiger partial charge in [0.2, 0.25) is 0 Å². The predicted molar refractivity (Wildman–Crippen MR) is 74.5 cm³/mol. The number of carbonyl (C=O) groups is 1. The van der Waals surface area contributed by atoms with E-state index in [1.165, 1.54) is 0 Å². The number of hydrogen-bond acceptors (Lipinski definition) is 3. The first-order chi connectivity index (χ1) is 9.63. The van der Waals surface area contributed by atoms with E-state index in [4.69, 9.17) is 5.11 Å². The molecule has 2 aromatic heterocycles. The second-order valence-electron chi connectivity index (χ2n) is 4.64. The molecular formula is C15H13N3O2. The van der Waals surface area contributed by atoms with Gasteiger partial charge >= 0.3 is 5.97 Å². The molecule has 100 valence electrons. The van der Waals surface area contributed by atoms with Gasteiger partial charge in [0, 0.05) is 5.56 Å². The Bertz CT molecular complexity index is 793. The number of rotatable bonds is 3. The van der Waals surface area contributed by atoms with E-state index in [2.05, 4.69) is 10.1 Å². The number of carboxylic acid groups (broad SMARTS) is 1. The number of nitrogens with zero attached hydrogens (tertiary/aromatic N) is 3. The molecule has 3 rings (SSSR count). The van der Waals surface area contributed by atoms with E-state index < -0.39 is 5.97 Å². The summed E-state index contributed by atoms with van der Waals surface area (Å²) in [5.41, 5.74) is 4.20. The van der Waals surface area contributed by atoms with Gasteiger partial charge in [-0.15, -0.1) is 0 Å². The second kappa shape index (κ2) is 4.77. The van der Waals surface area contributed by atoms with E-state index in [0.29, 0.717) is 11.3 Å². The van der Waals surface area contributed by atoms with Crippen molar-refractivity contribution in [2.45, 2.75) is 13.3 Å². The minimum atomic E-state index is -0.896. The normalized spacial score (nSPS) is 10.8. The van der Waals surface area contributed by atoms with Crippen molar-refractivity contribution in [3.05, 3.63) is 53.9 Å². The Kier molecular flexibility index (Phi) is 2.95. The fraction of sp³-hybridized carbons (Fsp3) is 0.133. The lowest BCUT2D eigenvalue weighted by Crippen LogP contribution is -1.99. The molecule has 0 amide bonds. The summed E-state index contributed by atoms with van der Waals surface area (Å²) >= 11 is 0. The molecule has 0 atom stereocenters. The molecule has 2 heterocycles. The zero-order chi connectivity index (χ0) is 14.1. The van der Waals surface area contributed by atoms with Crippen molar-refractivity contribution in [2.24, 2.45) is 0 Å². The highest BCUT2D eigenvalue weighted by atomic mass is 16.4. The molecular weight excluding hydrogens is 254 g/mol. The monoisotopic (exact) mass is 267 g/mol. The second-order valence-corrected chi connectivity index (χ2v) is 4.64. The van der Waals surface area contributed by atoms with Crippen LogP contribution in [0, 0.1) is 6.92 Å². The Labute approximate surface area is 115 Å². The van der Waals surface area contributed by atoms with Crippen molar-refractivity contribution < 1.29 is 9.90 Å². The molecule has 1 N–H and O–H groups in total. The van der Waals surface area contributed by atoms with Crippen molar-refractivity contribution in [3.63, 3.8) is 0 Å². The van der Waals surface area contributed by atoms with E-state index in [1.54, 1.807) is 10.7 Å². The number of aromatic nitrogens is 3. The third kappa shape index (κ3) is 2.25. The van der Waals surface area contributed by atoms with E-state index in [1.807, 2.05) is 43.3 Å². The molecule has 3 aromatic rings. The van der Waals surface area contributed by atoms with Crippen LogP contribution < -0.4 is 0 Å². The fourth-order valence-electron chi connectivity index (χ4n) is 2.18. The quantitative estimate of drug-likeness (QED) is 0.790. The van der Waals surface area contributed by atoms with Crippen LogP contribution in [0.4, 0.5) is 0 Å². The van der Waals surface area contributed by atoms with Gasteiger partial charge < -0.3 is 5.11 Å². The molecule has 0 aliphatic heterocycles. The average Bonchev–Trinajstić information content (AvgIpc) is 2.79. The van der Waals surface area contributed by atoms with Gasteiger partial charge in [-0.3, -0.25) is 4.79 Å². The first-order valence-electron chi connectivity index (χ1n) is 6.26. The predicted octanol–water partition coefficient (Wildman–Crippen LogP) is 2.33. The van der Waals surface area contributed by atoms with Crippen LogP contribution >= 0.6 is 0 Å². The van der Waals surface area contributed by atoms with Gasteiger partial charge in [-0.1, -0.05) is 24.3 Å². The van der Waals surface area contributed by atoms with E-state index in [0.717, 1.165) is 16.8 Å². The highest BCUT2D eigenvalue weighted by Crippen LogP contribution is 2.21. The summed E-state index contributed by atoms with van der Waals surface area (Å²) in [6.45, 7) is 2.03. The number of fused-ring (bicyclic) bond motifs is 1. The molecule has 0 aliphatic carbocycles. The Balaban J connectivity index is 2.07. The van der Waals surface area contributed by atoms with Crippen LogP contribution in [0.5, 0.6) is 0 Å². The van der Waals surface area contributed by atoms with Crippen LogP contribution in [0.3, 0.4) is 0 Å². The van der Waals surface area contributed by atoms with Crippen molar-refractivity contribution in [1.82, 2.24) is 14.6 Å². The van der Waals surface area contributed by atoms with Crippen LogP contribution in [-0.4, -0.2) is 25.7 Å². The van der Waals surface area contributed by atoms with E-state index in [9.17, 15) is 4.79 Å². The summed E-state index contributed by atoms with van der Waals surface area (Å²) in [5.74, 6) is -0.896. The van der Waals surface area contributed by atoms with Crippen LogP contribution in [0.2, 0.25) is 0 Å². The van der Waals surface area contributed by atoms with Gasteiger partial charge in [-0.05, 0) is 24.6 Å². The fourth-order valence-corrected chi connectivity index (χ4v) is 2.18. The molecule has 5 nitrogen and oxygen atoms in total. The van der Waals surface area contributed by atoms with Crippen LogP contribution in [-0.2, 0) is 11.2 Å². The first-order valence-corrected chi connectivity index (χ1v) is 6.26. The molecule has 0 bridgehead atoms. The third-order valence-electron chi connectivity index (χ3n) is 3.12. The molecule has 0 unspecified atom stereocenters. The van der Waals surface area contributed by atoms with Gasteiger partial charge in [0.15, 0.2) is 5.65 Å². The topological polar surface area (TPSA) is 67.5 Å². The standard InChI is InChI=1S/C15H13N3O2/c1-10-4-2-3-5-12(10)13-6-7-14-16-11(8-15(19)20)9-18(14)17-13/h2-7,9H,8H2,1H3,(H,19,20). The van der Waals surface area contributed by atoms with Gasteiger partial charge in [0.25, 0.3) is 0 Å². The Morgan fingerprint density at radius 2 is 2.05 bits per heavy atom. The number of benzene rings is 1. The summed E-state index contributed by atoms with van der Waals surface area (Å²) in [6, 6.07) is 11.7. The molecule has 0 radical (unpaired) electrons. The van der Waals surface area contributed by atoms with Crippen molar-refractivity contribution in [1.29, 1.82) is 0 Å². The number of hydrogen-bond donors (Lipinski definition) is 1. The van der Waals surface area contributed by atoms with Gasteiger partial charge in [0.05, 0.1) is 24.0 Å². The molecule has 0 aliphatic rings.